The van der Waals surface area contributed by atoms with E-state index in [0.717, 1.165) is 23.8 Å². The fraction of sp³-hybridized carbons (Fsp3) is 0.412. The summed E-state index contributed by atoms with van der Waals surface area (Å²) >= 11 is 0. The average molecular weight is 282 g/mol. The highest BCUT2D eigenvalue weighted by Gasteiger charge is 2.23. The molecule has 0 amide bonds. The van der Waals surface area contributed by atoms with Gasteiger partial charge in [0.05, 0.1) is 17.6 Å². The molecule has 1 saturated carbocycles. The van der Waals surface area contributed by atoms with E-state index in [1.165, 1.54) is 30.4 Å². The summed E-state index contributed by atoms with van der Waals surface area (Å²) in [6.45, 7) is 3.44. The Hall–Kier alpha value is -1.94. The predicted molar refractivity (Wildman–Crippen MR) is 86.3 cm³/mol. The Bertz CT molecular complexity index is 620. The Morgan fingerprint density at radius 1 is 1.29 bits per heavy atom. The highest BCUT2D eigenvalue weighted by Crippen LogP contribution is 2.36. The minimum Gasteiger partial charge on any atom is -0.381 e. The molecule has 1 aliphatic carbocycles. The van der Waals surface area contributed by atoms with Crippen LogP contribution in [0.15, 0.2) is 30.5 Å². The van der Waals surface area contributed by atoms with Crippen LogP contribution >= 0.6 is 0 Å². The molecule has 1 aromatic carbocycles. The molecular weight excluding hydrogens is 260 g/mol. The quantitative estimate of drug-likeness (QED) is 0.884. The predicted octanol–water partition coefficient (Wildman–Crippen LogP) is 3.09. The van der Waals surface area contributed by atoms with Gasteiger partial charge in [-0.2, -0.15) is 0 Å². The number of hydrogen-bond acceptors (Lipinski definition) is 4. The topological polar surface area (TPSA) is 63.8 Å². The van der Waals surface area contributed by atoms with Crippen LogP contribution in [0.5, 0.6) is 0 Å². The third-order valence-electron chi connectivity index (χ3n) is 4.14. The molecule has 2 aromatic rings. The van der Waals surface area contributed by atoms with Gasteiger partial charge in [0.15, 0.2) is 0 Å². The summed E-state index contributed by atoms with van der Waals surface area (Å²) in [7, 11) is 0. The number of rotatable bonds is 5. The van der Waals surface area contributed by atoms with Crippen molar-refractivity contribution >= 4 is 5.69 Å². The molecule has 0 unspecified atom stereocenters. The molecule has 1 heterocycles. The van der Waals surface area contributed by atoms with Gasteiger partial charge in [0.25, 0.3) is 0 Å². The fourth-order valence-corrected chi connectivity index (χ4v) is 2.64. The fourth-order valence-electron chi connectivity index (χ4n) is 2.64. The third kappa shape index (κ3) is 2.90. The van der Waals surface area contributed by atoms with Crippen molar-refractivity contribution in [3.8, 4) is 11.3 Å². The van der Waals surface area contributed by atoms with Gasteiger partial charge in [-0.15, -0.1) is 0 Å². The molecule has 1 fully saturated rings. The SMILES string of the molecule is Cc1ccccc1-c1nc(C2CCC2)ncc1NCCN. The van der Waals surface area contributed by atoms with Gasteiger partial charge < -0.3 is 11.1 Å². The summed E-state index contributed by atoms with van der Waals surface area (Å²) < 4.78 is 0. The monoisotopic (exact) mass is 282 g/mol. The molecule has 0 spiro atoms. The molecule has 3 N–H and O–H groups in total. The van der Waals surface area contributed by atoms with E-state index in [4.69, 9.17) is 10.7 Å². The van der Waals surface area contributed by atoms with E-state index in [9.17, 15) is 0 Å². The molecular formula is C17H22N4. The van der Waals surface area contributed by atoms with E-state index in [2.05, 4.69) is 41.5 Å². The number of aryl methyl sites for hydroxylation is 1. The van der Waals surface area contributed by atoms with Gasteiger partial charge in [0.2, 0.25) is 0 Å². The lowest BCUT2D eigenvalue weighted by Gasteiger charge is -2.24. The zero-order valence-corrected chi connectivity index (χ0v) is 12.5. The summed E-state index contributed by atoms with van der Waals surface area (Å²) in [4.78, 5) is 9.42. The van der Waals surface area contributed by atoms with Crippen LogP contribution in [0.4, 0.5) is 5.69 Å². The van der Waals surface area contributed by atoms with Crippen molar-refractivity contribution in [2.75, 3.05) is 18.4 Å². The van der Waals surface area contributed by atoms with Crippen LogP contribution in [0, 0.1) is 6.92 Å². The number of nitrogens with two attached hydrogens (primary N) is 1. The molecule has 110 valence electrons. The average Bonchev–Trinajstić information content (AvgIpc) is 2.44. The van der Waals surface area contributed by atoms with Crippen molar-refractivity contribution in [1.29, 1.82) is 0 Å². The van der Waals surface area contributed by atoms with Crippen LogP contribution in [0.1, 0.15) is 36.6 Å². The van der Waals surface area contributed by atoms with Crippen LogP contribution in [-0.4, -0.2) is 23.1 Å². The first-order valence-corrected chi connectivity index (χ1v) is 7.66. The number of benzene rings is 1. The van der Waals surface area contributed by atoms with Crippen molar-refractivity contribution in [2.45, 2.75) is 32.1 Å². The summed E-state index contributed by atoms with van der Waals surface area (Å²) in [5, 5.41) is 3.34. The number of anilines is 1. The minimum atomic E-state index is 0.538. The maximum atomic E-state index is 5.60. The van der Waals surface area contributed by atoms with Crippen LogP contribution in [0.25, 0.3) is 11.3 Å². The largest absolute Gasteiger partial charge is 0.381 e. The normalized spacial score (nSPS) is 14.8. The molecule has 0 atom stereocenters. The van der Waals surface area contributed by atoms with E-state index in [1.54, 1.807) is 0 Å². The van der Waals surface area contributed by atoms with Gasteiger partial charge in [-0.05, 0) is 25.3 Å². The number of hydrogen-bond donors (Lipinski definition) is 2. The smallest absolute Gasteiger partial charge is 0.132 e. The lowest BCUT2D eigenvalue weighted by atomic mass is 9.84. The van der Waals surface area contributed by atoms with E-state index in [0.29, 0.717) is 12.5 Å². The van der Waals surface area contributed by atoms with Gasteiger partial charge in [0, 0.05) is 24.6 Å². The van der Waals surface area contributed by atoms with Gasteiger partial charge in [-0.25, -0.2) is 9.97 Å². The minimum absolute atomic E-state index is 0.538. The maximum absolute atomic E-state index is 5.60. The maximum Gasteiger partial charge on any atom is 0.132 e. The van der Waals surface area contributed by atoms with Crippen molar-refractivity contribution in [3.63, 3.8) is 0 Å². The van der Waals surface area contributed by atoms with Crippen LogP contribution in [-0.2, 0) is 0 Å². The number of nitrogens with zero attached hydrogens (tertiary/aromatic N) is 2. The molecule has 0 bridgehead atoms. The Morgan fingerprint density at radius 3 is 2.76 bits per heavy atom. The first kappa shape index (κ1) is 14.0. The lowest BCUT2D eigenvalue weighted by Crippen LogP contribution is -2.17. The van der Waals surface area contributed by atoms with Gasteiger partial charge >= 0.3 is 0 Å². The van der Waals surface area contributed by atoms with Gasteiger partial charge in [-0.3, -0.25) is 0 Å². The summed E-state index contributed by atoms with van der Waals surface area (Å²) in [5.74, 6) is 1.52. The zero-order valence-electron chi connectivity index (χ0n) is 12.5. The molecule has 0 aliphatic heterocycles. The summed E-state index contributed by atoms with van der Waals surface area (Å²) in [6, 6.07) is 8.35. The standard InChI is InChI=1S/C17H22N4/c1-12-5-2-3-8-14(12)16-15(19-10-9-18)11-20-17(21-16)13-6-4-7-13/h2-3,5,8,11,13,19H,4,6-7,9-10,18H2,1H3. The van der Waals surface area contributed by atoms with E-state index >= 15 is 0 Å². The van der Waals surface area contributed by atoms with Crippen LogP contribution in [0.3, 0.4) is 0 Å². The summed E-state index contributed by atoms with van der Waals surface area (Å²) in [5.41, 5.74) is 9.96. The van der Waals surface area contributed by atoms with E-state index in [1.807, 2.05) is 6.20 Å². The first-order valence-electron chi connectivity index (χ1n) is 7.66. The molecule has 4 nitrogen and oxygen atoms in total. The molecule has 0 saturated heterocycles. The van der Waals surface area contributed by atoms with Crippen molar-refractivity contribution in [2.24, 2.45) is 5.73 Å². The van der Waals surface area contributed by atoms with Crippen molar-refractivity contribution in [3.05, 3.63) is 41.9 Å². The summed E-state index contributed by atoms with van der Waals surface area (Å²) in [6.07, 6.45) is 5.63. The van der Waals surface area contributed by atoms with Gasteiger partial charge in [0.1, 0.15) is 5.82 Å². The number of nitrogens with one attached hydrogen (secondary N) is 1. The lowest BCUT2D eigenvalue weighted by molar-refractivity contribution is 0.402. The molecule has 4 heteroatoms. The molecule has 3 rings (SSSR count). The molecule has 0 radical (unpaired) electrons. The Morgan fingerprint density at radius 2 is 2.10 bits per heavy atom. The first-order chi connectivity index (χ1) is 10.3. The molecule has 21 heavy (non-hydrogen) atoms. The second-order valence-electron chi connectivity index (χ2n) is 5.65. The highest BCUT2D eigenvalue weighted by atomic mass is 15.0. The second kappa shape index (κ2) is 6.22. The van der Waals surface area contributed by atoms with Crippen LogP contribution < -0.4 is 11.1 Å². The highest BCUT2D eigenvalue weighted by molar-refractivity contribution is 5.75. The second-order valence-corrected chi connectivity index (χ2v) is 5.65. The third-order valence-corrected chi connectivity index (χ3v) is 4.14. The Balaban J connectivity index is 2.02. The Kier molecular flexibility index (Phi) is 4.15. The van der Waals surface area contributed by atoms with Gasteiger partial charge in [-0.1, -0.05) is 30.7 Å². The van der Waals surface area contributed by atoms with Crippen molar-refractivity contribution < 1.29 is 0 Å². The Labute approximate surface area is 125 Å². The van der Waals surface area contributed by atoms with Crippen molar-refractivity contribution in [1.82, 2.24) is 9.97 Å². The van der Waals surface area contributed by atoms with Crippen LogP contribution in [0.2, 0.25) is 0 Å². The van der Waals surface area contributed by atoms with E-state index < -0.39 is 0 Å². The van der Waals surface area contributed by atoms with E-state index in [-0.39, 0.29) is 0 Å². The zero-order chi connectivity index (χ0) is 14.7. The molecule has 1 aromatic heterocycles. The molecule has 1 aliphatic rings. The number of aromatic nitrogens is 2.